The maximum atomic E-state index is 11.4. The van der Waals surface area contributed by atoms with Gasteiger partial charge in [0, 0.05) is 6.54 Å². The average Bonchev–Trinajstić information content (AvgIpc) is 2.43. The molecule has 0 bridgehead atoms. The number of aliphatic hydroxyl groups is 1. The smallest absolute Gasteiger partial charge is 0.315 e. The Bertz CT molecular complexity index is 393. The molecule has 112 valence electrons. The van der Waals surface area contributed by atoms with Gasteiger partial charge in [-0.05, 0) is 25.5 Å². The third kappa shape index (κ3) is 6.99. The average molecular weight is 280 g/mol. The van der Waals surface area contributed by atoms with Crippen LogP contribution in [0, 0.1) is 6.92 Å². The summed E-state index contributed by atoms with van der Waals surface area (Å²) >= 11 is 0. The fourth-order valence-corrected chi connectivity index (χ4v) is 1.68. The number of aryl methyl sites for hydroxylation is 1. The fraction of sp³-hybridized carbons (Fsp3) is 0.533. The number of urea groups is 1. The van der Waals surface area contributed by atoms with E-state index < -0.39 is 6.10 Å². The van der Waals surface area contributed by atoms with Crippen molar-refractivity contribution in [2.75, 3.05) is 19.7 Å². The van der Waals surface area contributed by atoms with E-state index in [1.807, 2.05) is 38.1 Å². The highest BCUT2D eigenvalue weighted by Gasteiger charge is 2.05. The van der Waals surface area contributed by atoms with E-state index in [-0.39, 0.29) is 12.6 Å². The molecule has 0 aliphatic carbocycles. The molecule has 0 saturated carbocycles. The van der Waals surface area contributed by atoms with E-state index >= 15 is 0 Å². The lowest BCUT2D eigenvalue weighted by molar-refractivity contribution is 0.160. The van der Waals surface area contributed by atoms with E-state index in [1.54, 1.807) is 0 Å². The Labute approximate surface area is 120 Å². The van der Waals surface area contributed by atoms with Gasteiger partial charge in [0.1, 0.15) is 12.4 Å². The molecule has 1 unspecified atom stereocenters. The van der Waals surface area contributed by atoms with E-state index in [0.717, 1.165) is 12.2 Å². The minimum atomic E-state index is -0.477. The third-order valence-electron chi connectivity index (χ3n) is 2.80. The largest absolute Gasteiger partial charge is 0.492 e. The maximum Gasteiger partial charge on any atom is 0.315 e. The van der Waals surface area contributed by atoms with Crippen molar-refractivity contribution in [3.05, 3.63) is 29.8 Å². The first-order valence-corrected chi connectivity index (χ1v) is 7.01. The summed E-state index contributed by atoms with van der Waals surface area (Å²) in [6.07, 6.45) is 1.11. The summed E-state index contributed by atoms with van der Waals surface area (Å²) in [6.45, 7) is 5.12. The summed E-state index contributed by atoms with van der Waals surface area (Å²) in [5, 5.41) is 14.8. The van der Waals surface area contributed by atoms with Crippen molar-refractivity contribution in [2.24, 2.45) is 0 Å². The standard InChI is InChI=1S/C15H24N2O3/c1-3-4-13(18)11-17-15(19)16-9-10-20-14-7-5-12(2)6-8-14/h5-8,13,18H,3-4,9-11H2,1-2H3,(H2,16,17,19). The summed E-state index contributed by atoms with van der Waals surface area (Å²) in [5.41, 5.74) is 1.18. The first-order chi connectivity index (χ1) is 9.61. The van der Waals surface area contributed by atoms with E-state index in [9.17, 15) is 9.90 Å². The molecule has 0 heterocycles. The highest BCUT2D eigenvalue weighted by molar-refractivity contribution is 5.73. The highest BCUT2D eigenvalue weighted by Crippen LogP contribution is 2.10. The van der Waals surface area contributed by atoms with Crippen LogP contribution in [0.2, 0.25) is 0 Å². The Morgan fingerprint density at radius 1 is 1.30 bits per heavy atom. The Morgan fingerprint density at radius 3 is 2.65 bits per heavy atom. The van der Waals surface area contributed by atoms with Crippen LogP contribution in [-0.4, -0.2) is 36.9 Å². The number of nitrogens with one attached hydrogen (secondary N) is 2. The molecule has 5 heteroatoms. The summed E-state index contributed by atoms with van der Waals surface area (Å²) < 4.78 is 5.48. The zero-order valence-corrected chi connectivity index (χ0v) is 12.2. The molecule has 2 amide bonds. The van der Waals surface area contributed by atoms with Crippen molar-refractivity contribution < 1.29 is 14.6 Å². The molecule has 0 fully saturated rings. The second kappa shape index (κ2) is 9.20. The van der Waals surface area contributed by atoms with Gasteiger partial charge < -0.3 is 20.5 Å². The van der Waals surface area contributed by atoms with Gasteiger partial charge in [0.05, 0.1) is 12.6 Å². The molecule has 5 nitrogen and oxygen atoms in total. The third-order valence-corrected chi connectivity index (χ3v) is 2.80. The van der Waals surface area contributed by atoms with Crippen molar-refractivity contribution in [1.29, 1.82) is 0 Å². The lowest BCUT2D eigenvalue weighted by Crippen LogP contribution is -2.41. The number of benzene rings is 1. The molecule has 3 N–H and O–H groups in total. The van der Waals surface area contributed by atoms with E-state index in [1.165, 1.54) is 5.56 Å². The Hall–Kier alpha value is -1.75. The first-order valence-electron chi connectivity index (χ1n) is 7.01. The van der Waals surface area contributed by atoms with Gasteiger partial charge in [-0.3, -0.25) is 0 Å². The van der Waals surface area contributed by atoms with Crippen LogP contribution in [0.15, 0.2) is 24.3 Å². The predicted molar refractivity (Wildman–Crippen MR) is 79.0 cm³/mol. The summed E-state index contributed by atoms with van der Waals surface area (Å²) in [5.74, 6) is 0.788. The molecule has 0 aliphatic rings. The second-order valence-corrected chi connectivity index (χ2v) is 4.74. The number of rotatable bonds is 8. The first kappa shape index (κ1) is 16.3. The van der Waals surface area contributed by atoms with Crippen molar-refractivity contribution in [3.8, 4) is 5.75 Å². The molecular weight excluding hydrogens is 256 g/mol. The molecule has 1 aromatic rings. The van der Waals surface area contributed by atoms with Gasteiger partial charge in [0.25, 0.3) is 0 Å². The molecule has 1 atom stereocenters. The number of aliphatic hydroxyl groups excluding tert-OH is 1. The van der Waals surface area contributed by atoms with Crippen LogP contribution in [-0.2, 0) is 0 Å². The van der Waals surface area contributed by atoms with Crippen molar-refractivity contribution >= 4 is 6.03 Å². The van der Waals surface area contributed by atoms with Gasteiger partial charge in [-0.15, -0.1) is 0 Å². The van der Waals surface area contributed by atoms with Gasteiger partial charge in [-0.1, -0.05) is 31.0 Å². The van der Waals surface area contributed by atoms with E-state index in [0.29, 0.717) is 19.6 Å². The van der Waals surface area contributed by atoms with E-state index in [4.69, 9.17) is 4.74 Å². The molecule has 1 rings (SSSR count). The summed E-state index contributed by atoms with van der Waals surface area (Å²) in [7, 11) is 0. The zero-order valence-electron chi connectivity index (χ0n) is 12.2. The van der Waals surface area contributed by atoms with Crippen LogP contribution in [0.4, 0.5) is 4.79 Å². The molecule has 0 spiro atoms. The summed E-state index contributed by atoms with van der Waals surface area (Å²) in [4.78, 5) is 11.4. The SMILES string of the molecule is CCCC(O)CNC(=O)NCCOc1ccc(C)cc1. The molecule has 1 aromatic carbocycles. The van der Waals surface area contributed by atoms with Gasteiger partial charge in [-0.25, -0.2) is 4.79 Å². The van der Waals surface area contributed by atoms with Crippen LogP contribution >= 0.6 is 0 Å². The highest BCUT2D eigenvalue weighted by atomic mass is 16.5. The van der Waals surface area contributed by atoms with Gasteiger partial charge in [-0.2, -0.15) is 0 Å². The topological polar surface area (TPSA) is 70.6 Å². The molecule has 0 saturated heterocycles. The number of hydrogen-bond acceptors (Lipinski definition) is 3. The quantitative estimate of drug-likeness (QED) is 0.636. The maximum absolute atomic E-state index is 11.4. The van der Waals surface area contributed by atoms with Crippen LogP contribution in [0.5, 0.6) is 5.75 Å². The molecule has 0 radical (unpaired) electrons. The number of carbonyl (C=O) groups excluding carboxylic acids is 1. The second-order valence-electron chi connectivity index (χ2n) is 4.74. The number of carbonyl (C=O) groups is 1. The van der Waals surface area contributed by atoms with E-state index in [2.05, 4.69) is 10.6 Å². The normalized spacial score (nSPS) is 11.8. The van der Waals surface area contributed by atoms with Crippen molar-refractivity contribution in [3.63, 3.8) is 0 Å². The van der Waals surface area contributed by atoms with Crippen LogP contribution < -0.4 is 15.4 Å². The molecule has 0 aliphatic heterocycles. The summed E-state index contributed by atoms with van der Waals surface area (Å²) in [6, 6.07) is 7.47. The molecule has 20 heavy (non-hydrogen) atoms. The van der Waals surface area contributed by atoms with Crippen molar-refractivity contribution in [2.45, 2.75) is 32.8 Å². The monoisotopic (exact) mass is 280 g/mol. The van der Waals surface area contributed by atoms with Crippen molar-refractivity contribution in [1.82, 2.24) is 10.6 Å². The molecule has 0 aromatic heterocycles. The lowest BCUT2D eigenvalue weighted by atomic mass is 10.2. The Kier molecular flexibility index (Phi) is 7.50. The van der Waals surface area contributed by atoms with Gasteiger partial charge >= 0.3 is 6.03 Å². The minimum absolute atomic E-state index is 0.276. The van der Waals surface area contributed by atoms with Crippen LogP contribution in [0.1, 0.15) is 25.3 Å². The van der Waals surface area contributed by atoms with Gasteiger partial charge in [0.2, 0.25) is 0 Å². The van der Waals surface area contributed by atoms with Crippen LogP contribution in [0.25, 0.3) is 0 Å². The predicted octanol–water partition coefficient (Wildman–Crippen LogP) is 1.83. The number of hydrogen-bond donors (Lipinski definition) is 3. The lowest BCUT2D eigenvalue weighted by Gasteiger charge is -2.12. The Morgan fingerprint density at radius 2 is 2.00 bits per heavy atom. The molecular formula is C15H24N2O3. The minimum Gasteiger partial charge on any atom is -0.492 e. The zero-order chi connectivity index (χ0) is 14.8. The number of amides is 2. The fourth-order valence-electron chi connectivity index (χ4n) is 1.68. The Balaban J connectivity index is 2.08. The van der Waals surface area contributed by atoms with Gasteiger partial charge in [0.15, 0.2) is 0 Å². The van der Waals surface area contributed by atoms with Crippen LogP contribution in [0.3, 0.4) is 0 Å². The number of ether oxygens (including phenoxy) is 1.